The van der Waals surface area contributed by atoms with Gasteiger partial charge in [0.05, 0.1) is 11.3 Å². The van der Waals surface area contributed by atoms with Crippen molar-refractivity contribution in [3.63, 3.8) is 0 Å². The van der Waals surface area contributed by atoms with Crippen LogP contribution in [-0.4, -0.2) is 5.97 Å². The molecular weight excluding hydrogens is 250 g/mol. The van der Waals surface area contributed by atoms with Crippen LogP contribution in [-0.2, 0) is 4.84 Å². The maximum atomic E-state index is 12.0. The fraction of sp³-hybridized carbons (Fsp3) is 0.471. The maximum absolute atomic E-state index is 12.0. The Hall–Kier alpha value is -1.77. The number of rotatable bonds is 3. The lowest BCUT2D eigenvalue weighted by atomic mass is 9.69. The predicted octanol–water partition coefficient (Wildman–Crippen LogP) is 3.69. The standard InChI is InChI=1S/C17H21NO2/c1-16(2)13-9-10-17(16,3)14(11-13)18-20-15(19)12-7-5-4-6-8-12/h4-8,11,13,18H,9-10H2,1-3H3. The maximum Gasteiger partial charge on any atom is 0.362 e. The molecule has 1 aromatic carbocycles. The molecule has 1 aromatic rings. The summed E-state index contributed by atoms with van der Waals surface area (Å²) in [6.07, 6.45) is 4.61. The third-order valence-electron chi connectivity index (χ3n) is 5.53. The second kappa shape index (κ2) is 4.37. The van der Waals surface area contributed by atoms with Gasteiger partial charge in [0.15, 0.2) is 0 Å². The van der Waals surface area contributed by atoms with E-state index >= 15 is 0 Å². The normalized spacial score (nSPS) is 29.9. The van der Waals surface area contributed by atoms with Crippen molar-refractivity contribution in [1.29, 1.82) is 0 Å². The van der Waals surface area contributed by atoms with Gasteiger partial charge >= 0.3 is 5.97 Å². The van der Waals surface area contributed by atoms with Crippen LogP contribution in [0.5, 0.6) is 0 Å². The Morgan fingerprint density at radius 2 is 1.95 bits per heavy atom. The zero-order valence-electron chi connectivity index (χ0n) is 12.3. The van der Waals surface area contributed by atoms with Gasteiger partial charge in [0.2, 0.25) is 0 Å². The van der Waals surface area contributed by atoms with E-state index in [0.29, 0.717) is 11.5 Å². The predicted molar refractivity (Wildman–Crippen MR) is 77.7 cm³/mol. The van der Waals surface area contributed by atoms with Crippen LogP contribution in [0.4, 0.5) is 0 Å². The summed E-state index contributed by atoms with van der Waals surface area (Å²) in [6.45, 7) is 6.86. The van der Waals surface area contributed by atoms with Crippen LogP contribution in [0.3, 0.4) is 0 Å². The van der Waals surface area contributed by atoms with Crippen LogP contribution in [0.1, 0.15) is 44.0 Å². The molecule has 2 aliphatic carbocycles. The van der Waals surface area contributed by atoms with Gasteiger partial charge in [-0.15, -0.1) is 0 Å². The molecule has 3 rings (SSSR count). The molecule has 3 nitrogen and oxygen atoms in total. The van der Waals surface area contributed by atoms with Crippen LogP contribution < -0.4 is 5.48 Å². The second-order valence-electron chi connectivity index (χ2n) is 6.64. The Labute approximate surface area is 120 Å². The molecule has 0 radical (unpaired) electrons. The Balaban J connectivity index is 1.69. The summed E-state index contributed by atoms with van der Waals surface area (Å²) in [4.78, 5) is 17.2. The summed E-state index contributed by atoms with van der Waals surface area (Å²) in [5.41, 5.74) is 4.85. The third kappa shape index (κ3) is 1.76. The van der Waals surface area contributed by atoms with Gasteiger partial charge in [-0.2, -0.15) is 0 Å². The molecule has 1 fully saturated rings. The number of hydroxylamine groups is 1. The van der Waals surface area contributed by atoms with E-state index in [0.717, 1.165) is 12.1 Å². The van der Waals surface area contributed by atoms with Gasteiger partial charge in [-0.1, -0.05) is 45.0 Å². The van der Waals surface area contributed by atoms with Gasteiger partial charge in [0.1, 0.15) is 0 Å². The molecule has 0 heterocycles. The van der Waals surface area contributed by atoms with Crippen LogP contribution in [0.2, 0.25) is 0 Å². The van der Waals surface area contributed by atoms with Crippen molar-refractivity contribution >= 4 is 5.97 Å². The monoisotopic (exact) mass is 271 g/mol. The molecule has 20 heavy (non-hydrogen) atoms. The minimum absolute atomic E-state index is 0.0780. The zero-order valence-corrected chi connectivity index (χ0v) is 12.3. The third-order valence-corrected chi connectivity index (χ3v) is 5.53. The first-order valence-electron chi connectivity index (χ1n) is 7.20. The van der Waals surface area contributed by atoms with E-state index in [-0.39, 0.29) is 16.8 Å². The summed E-state index contributed by atoms with van der Waals surface area (Å²) in [7, 11) is 0. The number of allylic oxidation sites excluding steroid dienone is 2. The van der Waals surface area contributed by atoms with Crippen molar-refractivity contribution in [2.75, 3.05) is 0 Å². The van der Waals surface area contributed by atoms with Crippen molar-refractivity contribution in [1.82, 2.24) is 5.48 Å². The number of fused-ring (bicyclic) bond motifs is 2. The Morgan fingerprint density at radius 1 is 1.25 bits per heavy atom. The summed E-state index contributed by atoms with van der Waals surface area (Å²) >= 11 is 0. The Kier molecular flexibility index (Phi) is 2.89. The lowest BCUT2D eigenvalue weighted by Crippen LogP contribution is -2.35. The average molecular weight is 271 g/mol. The van der Waals surface area contributed by atoms with E-state index in [1.165, 1.54) is 6.42 Å². The number of carbonyl (C=O) groups excluding carboxylic acids is 1. The first-order valence-corrected chi connectivity index (χ1v) is 7.20. The number of hydrogen-bond donors (Lipinski definition) is 1. The highest BCUT2D eigenvalue weighted by molar-refractivity contribution is 5.89. The van der Waals surface area contributed by atoms with Crippen LogP contribution >= 0.6 is 0 Å². The van der Waals surface area contributed by atoms with E-state index in [1.807, 2.05) is 18.2 Å². The van der Waals surface area contributed by atoms with Gasteiger partial charge in [-0.25, -0.2) is 10.3 Å². The molecule has 1 N–H and O–H groups in total. The summed E-state index contributed by atoms with van der Waals surface area (Å²) in [6, 6.07) is 9.05. The number of nitrogens with one attached hydrogen (secondary N) is 1. The molecule has 106 valence electrons. The van der Waals surface area contributed by atoms with Crippen molar-refractivity contribution in [3.8, 4) is 0 Å². The van der Waals surface area contributed by atoms with Crippen molar-refractivity contribution < 1.29 is 9.63 Å². The fourth-order valence-corrected chi connectivity index (χ4v) is 3.58. The van der Waals surface area contributed by atoms with E-state index in [1.54, 1.807) is 12.1 Å². The van der Waals surface area contributed by atoms with Crippen LogP contribution in [0, 0.1) is 16.7 Å². The highest BCUT2D eigenvalue weighted by Gasteiger charge is 2.57. The molecule has 0 aromatic heterocycles. The molecule has 2 unspecified atom stereocenters. The molecular formula is C17H21NO2. The lowest BCUT2D eigenvalue weighted by molar-refractivity contribution is 0.0238. The number of carbonyl (C=O) groups is 1. The highest BCUT2D eigenvalue weighted by atomic mass is 16.7. The number of hydrogen-bond acceptors (Lipinski definition) is 3. The Morgan fingerprint density at radius 3 is 2.50 bits per heavy atom. The van der Waals surface area contributed by atoms with E-state index in [2.05, 4.69) is 32.3 Å². The Bertz CT molecular complexity index is 562. The SMILES string of the molecule is CC12CCC(C=C1NOC(=O)c1ccccc1)C2(C)C. The molecule has 0 aliphatic heterocycles. The molecule has 3 heteroatoms. The van der Waals surface area contributed by atoms with Crippen LogP contribution in [0.15, 0.2) is 42.1 Å². The number of benzene rings is 1. The molecule has 2 atom stereocenters. The second-order valence-corrected chi connectivity index (χ2v) is 6.64. The topological polar surface area (TPSA) is 38.3 Å². The van der Waals surface area contributed by atoms with E-state index in [9.17, 15) is 4.79 Å². The summed E-state index contributed by atoms with van der Waals surface area (Å²) in [5, 5.41) is 0. The van der Waals surface area contributed by atoms with E-state index < -0.39 is 0 Å². The highest BCUT2D eigenvalue weighted by Crippen LogP contribution is 2.64. The average Bonchev–Trinajstić information content (AvgIpc) is 2.78. The smallest absolute Gasteiger partial charge is 0.338 e. The first kappa shape index (κ1) is 13.2. The zero-order chi connectivity index (χ0) is 14.4. The fourth-order valence-electron chi connectivity index (χ4n) is 3.58. The van der Waals surface area contributed by atoms with Gasteiger partial charge in [-0.3, -0.25) is 0 Å². The molecule has 2 bridgehead atoms. The summed E-state index contributed by atoms with van der Waals surface area (Å²) < 4.78 is 0. The first-order chi connectivity index (χ1) is 9.45. The van der Waals surface area contributed by atoms with Gasteiger partial charge < -0.3 is 4.84 Å². The molecule has 0 saturated heterocycles. The minimum Gasteiger partial charge on any atom is -0.338 e. The van der Waals surface area contributed by atoms with Crippen LogP contribution in [0.25, 0.3) is 0 Å². The summed E-state index contributed by atoms with van der Waals surface area (Å²) in [5.74, 6) is 0.237. The molecule has 2 aliphatic rings. The van der Waals surface area contributed by atoms with Crippen molar-refractivity contribution in [2.24, 2.45) is 16.7 Å². The quantitative estimate of drug-likeness (QED) is 0.852. The molecule has 1 saturated carbocycles. The van der Waals surface area contributed by atoms with E-state index in [4.69, 9.17) is 4.84 Å². The molecule has 0 amide bonds. The van der Waals surface area contributed by atoms with Crippen molar-refractivity contribution in [2.45, 2.75) is 33.6 Å². The van der Waals surface area contributed by atoms with Gasteiger partial charge in [0.25, 0.3) is 0 Å². The lowest BCUT2D eigenvalue weighted by Gasteiger charge is -2.37. The van der Waals surface area contributed by atoms with Gasteiger partial charge in [0, 0.05) is 5.41 Å². The van der Waals surface area contributed by atoms with Crippen molar-refractivity contribution in [3.05, 3.63) is 47.7 Å². The minimum atomic E-state index is -0.337. The molecule has 0 spiro atoms. The van der Waals surface area contributed by atoms with Gasteiger partial charge in [-0.05, 0) is 36.3 Å². The largest absolute Gasteiger partial charge is 0.362 e.